The lowest BCUT2D eigenvalue weighted by atomic mass is 9.93. The van der Waals surface area contributed by atoms with E-state index in [4.69, 9.17) is 0 Å². The van der Waals surface area contributed by atoms with Crippen molar-refractivity contribution < 1.29 is 0 Å². The van der Waals surface area contributed by atoms with Gasteiger partial charge in [-0.15, -0.1) is 0 Å². The van der Waals surface area contributed by atoms with Gasteiger partial charge in [0.15, 0.2) is 0 Å². The monoisotopic (exact) mass is 363 g/mol. The van der Waals surface area contributed by atoms with Crippen LogP contribution in [-0.4, -0.2) is 9.97 Å². The summed E-state index contributed by atoms with van der Waals surface area (Å²) in [6, 6.07) is 16.4. The first-order chi connectivity index (χ1) is 12.9. The summed E-state index contributed by atoms with van der Waals surface area (Å²) in [6.45, 7) is 10.9. The Morgan fingerprint density at radius 2 is 1.52 bits per heavy atom. The number of aromatic amines is 1. The molecule has 0 fully saturated rings. The van der Waals surface area contributed by atoms with E-state index in [1.807, 2.05) is 25.1 Å². The van der Waals surface area contributed by atoms with E-state index in [1.165, 1.54) is 11.1 Å². The van der Waals surface area contributed by atoms with Crippen LogP contribution in [-0.2, 0) is 0 Å². The Morgan fingerprint density at radius 1 is 0.889 bits per heavy atom. The third-order valence-corrected chi connectivity index (χ3v) is 5.10. The van der Waals surface area contributed by atoms with E-state index in [0.717, 1.165) is 5.52 Å². The van der Waals surface area contributed by atoms with Gasteiger partial charge in [-0.2, -0.15) is 0 Å². The molecular weight excluding hydrogens is 334 g/mol. The van der Waals surface area contributed by atoms with E-state index in [-0.39, 0.29) is 17.6 Å². The standard InChI is InChI=1S/C23H29N3O/c1-14(2)17-10-12-18(13-11-17)21(15(3)4)24-16(5)22-25-20-9-7-6-8-19(20)23(27)26-22/h6-16,21,24H,1-5H3,(H,25,26,27)/t16-,21-/m0/s1. The molecule has 0 unspecified atom stereocenters. The molecule has 0 spiro atoms. The molecule has 3 aromatic rings. The summed E-state index contributed by atoms with van der Waals surface area (Å²) < 4.78 is 0. The fourth-order valence-electron chi connectivity index (χ4n) is 3.42. The molecule has 27 heavy (non-hydrogen) atoms. The quantitative estimate of drug-likeness (QED) is 0.641. The van der Waals surface area contributed by atoms with E-state index in [1.54, 1.807) is 6.07 Å². The van der Waals surface area contributed by atoms with Crippen molar-refractivity contribution in [2.45, 2.75) is 52.6 Å². The van der Waals surface area contributed by atoms with Crippen LogP contribution in [0.4, 0.5) is 0 Å². The van der Waals surface area contributed by atoms with Crippen LogP contribution in [0.15, 0.2) is 53.3 Å². The second-order valence-corrected chi connectivity index (χ2v) is 7.90. The first-order valence-corrected chi connectivity index (χ1v) is 9.71. The fraction of sp³-hybridized carbons (Fsp3) is 0.391. The number of aromatic nitrogens is 2. The summed E-state index contributed by atoms with van der Waals surface area (Å²) in [7, 11) is 0. The highest BCUT2D eigenvalue weighted by Gasteiger charge is 2.20. The molecule has 0 saturated heterocycles. The molecule has 0 aliphatic heterocycles. The molecule has 4 nitrogen and oxygen atoms in total. The van der Waals surface area contributed by atoms with E-state index >= 15 is 0 Å². The van der Waals surface area contributed by atoms with Crippen molar-refractivity contribution in [2.24, 2.45) is 5.92 Å². The highest BCUT2D eigenvalue weighted by Crippen LogP contribution is 2.26. The van der Waals surface area contributed by atoms with Crippen LogP contribution >= 0.6 is 0 Å². The average Bonchev–Trinajstić information content (AvgIpc) is 2.65. The second kappa shape index (κ2) is 8.05. The van der Waals surface area contributed by atoms with Crippen molar-refractivity contribution in [1.29, 1.82) is 0 Å². The Bertz CT molecular complexity index is 957. The van der Waals surface area contributed by atoms with Crippen LogP contribution in [0.2, 0.25) is 0 Å². The van der Waals surface area contributed by atoms with Crippen molar-refractivity contribution in [3.8, 4) is 0 Å². The number of nitrogens with one attached hydrogen (secondary N) is 2. The van der Waals surface area contributed by atoms with Crippen molar-refractivity contribution >= 4 is 10.9 Å². The molecule has 1 heterocycles. The van der Waals surface area contributed by atoms with Gasteiger partial charge >= 0.3 is 0 Å². The molecule has 3 rings (SSSR count). The minimum absolute atomic E-state index is 0.0699. The van der Waals surface area contributed by atoms with Gasteiger partial charge in [0, 0.05) is 6.04 Å². The Balaban J connectivity index is 1.87. The molecule has 0 saturated carbocycles. The first-order valence-electron chi connectivity index (χ1n) is 9.71. The number of nitrogens with zero attached hydrogens (tertiary/aromatic N) is 1. The maximum absolute atomic E-state index is 12.4. The predicted octanol–water partition coefficient (Wildman–Crippen LogP) is 5.09. The lowest BCUT2D eigenvalue weighted by Gasteiger charge is -2.27. The number of para-hydroxylation sites is 1. The van der Waals surface area contributed by atoms with Crippen LogP contribution in [0.1, 0.15) is 69.6 Å². The predicted molar refractivity (Wildman–Crippen MR) is 112 cm³/mol. The summed E-state index contributed by atoms with van der Waals surface area (Å²) in [5.41, 5.74) is 3.23. The van der Waals surface area contributed by atoms with E-state index in [0.29, 0.717) is 23.0 Å². The van der Waals surface area contributed by atoms with Gasteiger partial charge in [0.05, 0.1) is 16.9 Å². The van der Waals surface area contributed by atoms with Gasteiger partial charge < -0.3 is 10.3 Å². The summed E-state index contributed by atoms with van der Waals surface area (Å²) in [4.78, 5) is 20.0. The summed E-state index contributed by atoms with van der Waals surface area (Å²) >= 11 is 0. The van der Waals surface area contributed by atoms with Gasteiger partial charge in [-0.25, -0.2) is 4.98 Å². The zero-order valence-electron chi connectivity index (χ0n) is 16.8. The number of hydrogen-bond donors (Lipinski definition) is 2. The number of benzene rings is 2. The lowest BCUT2D eigenvalue weighted by molar-refractivity contribution is 0.367. The highest BCUT2D eigenvalue weighted by molar-refractivity contribution is 5.77. The topological polar surface area (TPSA) is 57.8 Å². The minimum Gasteiger partial charge on any atom is -0.309 e. The van der Waals surface area contributed by atoms with Crippen molar-refractivity contribution in [3.63, 3.8) is 0 Å². The third kappa shape index (κ3) is 4.28. The number of hydrogen-bond acceptors (Lipinski definition) is 3. The Morgan fingerprint density at radius 3 is 2.15 bits per heavy atom. The van der Waals surface area contributed by atoms with Crippen LogP contribution in [0, 0.1) is 5.92 Å². The van der Waals surface area contributed by atoms with Gasteiger partial charge in [-0.1, -0.05) is 64.1 Å². The zero-order chi connectivity index (χ0) is 19.6. The number of fused-ring (bicyclic) bond motifs is 1. The number of rotatable bonds is 6. The van der Waals surface area contributed by atoms with Gasteiger partial charge in [0.2, 0.25) is 0 Å². The summed E-state index contributed by atoms with van der Waals surface area (Å²) in [5.74, 6) is 1.60. The van der Waals surface area contributed by atoms with Gasteiger partial charge in [0.1, 0.15) is 5.82 Å². The molecule has 0 aliphatic carbocycles. The normalized spacial score (nSPS) is 14.0. The number of H-pyrrole nitrogens is 1. The Kier molecular flexibility index (Phi) is 5.76. The Hall–Kier alpha value is -2.46. The second-order valence-electron chi connectivity index (χ2n) is 7.90. The summed E-state index contributed by atoms with van der Waals surface area (Å²) in [6.07, 6.45) is 0. The van der Waals surface area contributed by atoms with Crippen molar-refractivity contribution in [3.05, 3.63) is 75.8 Å². The molecular formula is C23H29N3O. The van der Waals surface area contributed by atoms with Gasteiger partial charge in [-0.3, -0.25) is 4.79 Å². The molecule has 1 aromatic heterocycles. The highest BCUT2D eigenvalue weighted by atomic mass is 16.1. The van der Waals surface area contributed by atoms with E-state index < -0.39 is 0 Å². The van der Waals surface area contributed by atoms with Crippen LogP contribution < -0.4 is 10.9 Å². The van der Waals surface area contributed by atoms with Crippen LogP contribution in [0.5, 0.6) is 0 Å². The zero-order valence-corrected chi connectivity index (χ0v) is 16.8. The van der Waals surface area contributed by atoms with Gasteiger partial charge in [-0.05, 0) is 42.0 Å². The van der Waals surface area contributed by atoms with Crippen LogP contribution in [0.25, 0.3) is 10.9 Å². The average molecular weight is 364 g/mol. The third-order valence-electron chi connectivity index (χ3n) is 5.10. The van der Waals surface area contributed by atoms with E-state index in [9.17, 15) is 4.79 Å². The van der Waals surface area contributed by atoms with Gasteiger partial charge in [0.25, 0.3) is 5.56 Å². The largest absolute Gasteiger partial charge is 0.309 e. The first kappa shape index (κ1) is 19.3. The molecule has 0 bridgehead atoms. The summed E-state index contributed by atoms with van der Waals surface area (Å²) in [5, 5.41) is 4.28. The maximum Gasteiger partial charge on any atom is 0.258 e. The minimum atomic E-state index is -0.0911. The van der Waals surface area contributed by atoms with Crippen molar-refractivity contribution in [2.75, 3.05) is 0 Å². The molecule has 2 N–H and O–H groups in total. The molecule has 2 atom stereocenters. The SMILES string of the molecule is CC(C)c1ccc([C@@H](N[C@@H](C)c2nc3ccccc3c(=O)[nH]2)C(C)C)cc1. The molecule has 0 aliphatic rings. The molecule has 0 radical (unpaired) electrons. The molecule has 0 amide bonds. The Labute approximate surface area is 161 Å². The van der Waals surface area contributed by atoms with Crippen LogP contribution in [0.3, 0.4) is 0 Å². The van der Waals surface area contributed by atoms with E-state index in [2.05, 4.69) is 67.2 Å². The smallest absolute Gasteiger partial charge is 0.258 e. The fourth-order valence-corrected chi connectivity index (χ4v) is 3.42. The molecule has 2 aromatic carbocycles. The maximum atomic E-state index is 12.4. The molecule has 142 valence electrons. The lowest BCUT2D eigenvalue weighted by Crippen LogP contribution is -2.30. The molecule has 4 heteroatoms. The van der Waals surface area contributed by atoms with Crippen molar-refractivity contribution in [1.82, 2.24) is 15.3 Å².